The van der Waals surface area contributed by atoms with Crippen LogP contribution in [0, 0.1) is 0 Å². The lowest BCUT2D eigenvalue weighted by atomic mass is 9.98. The van der Waals surface area contributed by atoms with Gasteiger partial charge in [0.15, 0.2) is 20.7 Å². The Morgan fingerprint density at radius 3 is 2.29 bits per heavy atom. The SMILES string of the molecule is COC(=O)[C@@H]1O[C@H](O)[C@H](O)[C@@H](OCc2ccccc2)[C@@H]1O[Si](C)(C)C(C)(C)C. The first kappa shape index (κ1) is 23.0. The fourth-order valence-electron chi connectivity index (χ4n) is 2.75. The van der Waals surface area contributed by atoms with Crippen LogP contribution in [0.25, 0.3) is 0 Å². The molecule has 5 atom stereocenters. The average molecular weight is 413 g/mol. The lowest BCUT2D eigenvalue weighted by Gasteiger charge is -2.47. The van der Waals surface area contributed by atoms with E-state index in [2.05, 4.69) is 20.8 Å². The number of methoxy groups -OCH3 is 1. The van der Waals surface area contributed by atoms with E-state index in [4.69, 9.17) is 18.6 Å². The van der Waals surface area contributed by atoms with E-state index in [-0.39, 0.29) is 11.6 Å². The second-order valence-corrected chi connectivity index (χ2v) is 13.3. The first-order valence-corrected chi connectivity index (χ1v) is 12.3. The number of aliphatic hydroxyl groups is 2. The molecule has 1 fully saturated rings. The zero-order valence-electron chi connectivity index (χ0n) is 17.4. The molecule has 0 aromatic heterocycles. The van der Waals surface area contributed by atoms with Gasteiger partial charge in [0, 0.05) is 0 Å². The van der Waals surface area contributed by atoms with Gasteiger partial charge in [0.1, 0.15) is 18.3 Å². The van der Waals surface area contributed by atoms with Crippen molar-refractivity contribution in [3.8, 4) is 0 Å². The Morgan fingerprint density at radius 2 is 1.75 bits per heavy atom. The van der Waals surface area contributed by atoms with Gasteiger partial charge >= 0.3 is 5.97 Å². The molecule has 0 aliphatic carbocycles. The number of ether oxygens (including phenoxy) is 3. The largest absolute Gasteiger partial charge is 0.467 e. The molecule has 2 rings (SSSR count). The van der Waals surface area contributed by atoms with E-state index in [1.165, 1.54) is 7.11 Å². The molecule has 0 saturated carbocycles. The molecule has 158 valence electrons. The average Bonchev–Trinajstić information content (AvgIpc) is 2.63. The second kappa shape index (κ2) is 9.02. The molecule has 28 heavy (non-hydrogen) atoms. The van der Waals surface area contributed by atoms with Crippen LogP contribution in [-0.2, 0) is 30.0 Å². The number of aliphatic hydroxyl groups excluding tert-OH is 2. The minimum atomic E-state index is -2.35. The molecule has 1 aliphatic rings. The van der Waals surface area contributed by atoms with Crippen molar-refractivity contribution in [1.82, 2.24) is 0 Å². The number of carbonyl (C=O) groups excluding carboxylic acids is 1. The van der Waals surface area contributed by atoms with Gasteiger partial charge in [-0.3, -0.25) is 0 Å². The maximum atomic E-state index is 12.3. The fourth-order valence-corrected chi connectivity index (χ4v) is 4.04. The van der Waals surface area contributed by atoms with Crippen LogP contribution in [0.4, 0.5) is 0 Å². The Labute approximate surface area is 167 Å². The molecule has 1 heterocycles. The third-order valence-corrected chi connectivity index (χ3v) is 9.97. The number of rotatable bonds is 6. The summed E-state index contributed by atoms with van der Waals surface area (Å²) < 4.78 is 22.6. The number of hydrogen-bond donors (Lipinski definition) is 2. The highest BCUT2D eigenvalue weighted by molar-refractivity contribution is 6.74. The van der Waals surface area contributed by atoms with Gasteiger partial charge in [0.2, 0.25) is 0 Å². The summed E-state index contributed by atoms with van der Waals surface area (Å²) in [4.78, 5) is 12.3. The van der Waals surface area contributed by atoms with E-state index >= 15 is 0 Å². The lowest BCUT2D eigenvalue weighted by Crippen LogP contribution is -2.64. The second-order valence-electron chi connectivity index (χ2n) is 8.56. The van der Waals surface area contributed by atoms with Crippen molar-refractivity contribution >= 4 is 14.3 Å². The van der Waals surface area contributed by atoms with Gasteiger partial charge in [-0.15, -0.1) is 0 Å². The lowest BCUT2D eigenvalue weighted by molar-refractivity contribution is -0.287. The Kier molecular flexibility index (Phi) is 7.41. The number of esters is 1. The molecule has 0 bridgehead atoms. The van der Waals surface area contributed by atoms with Crippen molar-refractivity contribution < 1.29 is 33.6 Å². The monoisotopic (exact) mass is 412 g/mol. The van der Waals surface area contributed by atoms with Gasteiger partial charge in [0.25, 0.3) is 0 Å². The highest BCUT2D eigenvalue weighted by atomic mass is 28.4. The Hall–Kier alpha value is -1.29. The molecule has 1 saturated heterocycles. The molecule has 0 amide bonds. The van der Waals surface area contributed by atoms with Gasteiger partial charge in [-0.05, 0) is 23.7 Å². The van der Waals surface area contributed by atoms with Crippen LogP contribution in [0.15, 0.2) is 30.3 Å². The third kappa shape index (κ3) is 5.19. The summed E-state index contributed by atoms with van der Waals surface area (Å²) in [6.45, 7) is 10.5. The summed E-state index contributed by atoms with van der Waals surface area (Å²) in [5.41, 5.74) is 0.899. The minimum absolute atomic E-state index is 0.140. The molecule has 8 heteroatoms. The van der Waals surface area contributed by atoms with Gasteiger partial charge in [0.05, 0.1) is 13.7 Å². The van der Waals surface area contributed by atoms with E-state index in [0.717, 1.165) is 5.56 Å². The van der Waals surface area contributed by atoms with E-state index in [1.807, 2.05) is 43.4 Å². The quantitative estimate of drug-likeness (QED) is 0.546. The summed E-state index contributed by atoms with van der Waals surface area (Å²) in [5.74, 6) is -0.678. The van der Waals surface area contributed by atoms with Crippen LogP contribution in [0.5, 0.6) is 0 Å². The summed E-state index contributed by atoms with van der Waals surface area (Å²) in [6, 6.07) is 9.45. The summed E-state index contributed by atoms with van der Waals surface area (Å²) in [7, 11) is -1.11. The van der Waals surface area contributed by atoms with Crippen molar-refractivity contribution in [2.45, 2.75) is 76.2 Å². The van der Waals surface area contributed by atoms with Crippen molar-refractivity contribution in [2.75, 3.05) is 7.11 Å². The maximum absolute atomic E-state index is 12.3. The van der Waals surface area contributed by atoms with Crippen molar-refractivity contribution in [3.63, 3.8) is 0 Å². The molecular weight excluding hydrogens is 380 g/mol. The van der Waals surface area contributed by atoms with Crippen LogP contribution in [0.1, 0.15) is 26.3 Å². The third-order valence-electron chi connectivity index (χ3n) is 5.49. The zero-order chi connectivity index (χ0) is 21.1. The molecule has 1 aromatic rings. The normalized spacial score (nSPS) is 28.8. The zero-order valence-corrected chi connectivity index (χ0v) is 18.4. The highest BCUT2D eigenvalue weighted by Gasteiger charge is 2.53. The molecule has 0 spiro atoms. The molecular formula is C20H32O7Si. The maximum Gasteiger partial charge on any atom is 0.337 e. The fraction of sp³-hybridized carbons (Fsp3) is 0.650. The van der Waals surface area contributed by atoms with E-state index < -0.39 is 45.0 Å². The van der Waals surface area contributed by atoms with Crippen LogP contribution in [0.2, 0.25) is 18.1 Å². The van der Waals surface area contributed by atoms with Gasteiger partial charge in [-0.2, -0.15) is 0 Å². The first-order chi connectivity index (χ1) is 13.0. The Balaban J connectivity index is 2.32. The minimum Gasteiger partial charge on any atom is -0.467 e. The molecule has 0 unspecified atom stereocenters. The van der Waals surface area contributed by atoms with Gasteiger partial charge < -0.3 is 28.8 Å². The molecule has 1 aliphatic heterocycles. The molecule has 7 nitrogen and oxygen atoms in total. The van der Waals surface area contributed by atoms with Crippen molar-refractivity contribution in [2.24, 2.45) is 0 Å². The highest BCUT2D eigenvalue weighted by Crippen LogP contribution is 2.40. The number of hydrogen-bond acceptors (Lipinski definition) is 7. The van der Waals surface area contributed by atoms with Crippen LogP contribution in [-0.4, -0.2) is 62.3 Å². The van der Waals surface area contributed by atoms with Gasteiger partial charge in [-0.1, -0.05) is 51.1 Å². The van der Waals surface area contributed by atoms with E-state index in [0.29, 0.717) is 0 Å². The standard InChI is InChI=1S/C20H32O7Si/c1-20(2,3)28(5,6)27-16-15(25-12-13-10-8-7-9-11-13)14(21)18(22)26-17(16)19(23)24-4/h7-11,14-18,21-22H,12H2,1-6H3/t14-,15-,16+,17-,18+/m1/s1. The molecule has 0 radical (unpaired) electrons. The van der Waals surface area contributed by atoms with E-state index in [1.54, 1.807) is 0 Å². The Bertz CT molecular complexity index is 644. The molecule has 1 aromatic carbocycles. The van der Waals surface area contributed by atoms with E-state index in [9.17, 15) is 15.0 Å². The summed E-state index contributed by atoms with van der Waals surface area (Å²) >= 11 is 0. The predicted molar refractivity (Wildman–Crippen MR) is 106 cm³/mol. The molecule has 2 N–H and O–H groups in total. The Morgan fingerprint density at radius 1 is 1.14 bits per heavy atom. The first-order valence-electron chi connectivity index (χ1n) is 9.40. The van der Waals surface area contributed by atoms with Crippen LogP contribution in [0.3, 0.4) is 0 Å². The van der Waals surface area contributed by atoms with Crippen molar-refractivity contribution in [3.05, 3.63) is 35.9 Å². The number of carbonyl (C=O) groups is 1. The van der Waals surface area contributed by atoms with Gasteiger partial charge in [-0.25, -0.2) is 4.79 Å². The summed E-state index contributed by atoms with van der Waals surface area (Å²) in [5, 5.41) is 20.5. The number of benzene rings is 1. The van der Waals surface area contributed by atoms with Crippen molar-refractivity contribution in [1.29, 1.82) is 0 Å². The summed E-state index contributed by atoms with van der Waals surface area (Å²) in [6.07, 6.45) is -6.00. The smallest absolute Gasteiger partial charge is 0.337 e. The van der Waals surface area contributed by atoms with Crippen LogP contribution < -0.4 is 0 Å². The van der Waals surface area contributed by atoms with Crippen LogP contribution >= 0.6 is 0 Å². The predicted octanol–water partition coefficient (Wildman–Crippen LogP) is 2.21. The topological polar surface area (TPSA) is 94.5 Å².